The van der Waals surface area contributed by atoms with Crippen LogP contribution in [0.15, 0.2) is 54.6 Å². The van der Waals surface area contributed by atoms with Gasteiger partial charge in [-0.25, -0.2) is 0 Å². The zero-order valence-corrected chi connectivity index (χ0v) is 14.3. The minimum atomic E-state index is -0.653. The molecule has 2 atom stereocenters. The molecule has 0 radical (unpaired) electrons. The molecule has 25 heavy (non-hydrogen) atoms. The van der Waals surface area contributed by atoms with Gasteiger partial charge in [0.25, 0.3) is 0 Å². The molecule has 2 aromatic carbocycles. The first-order valence-electron chi connectivity index (χ1n) is 8.73. The molecule has 0 spiro atoms. The van der Waals surface area contributed by atoms with Gasteiger partial charge in [-0.3, -0.25) is 9.69 Å². The Morgan fingerprint density at radius 3 is 2.64 bits per heavy atom. The predicted molar refractivity (Wildman–Crippen MR) is 97.9 cm³/mol. The fraction of sp³-hybridized carbons (Fsp3) is 0.350. The highest BCUT2D eigenvalue weighted by Crippen LogP contribution is 2.27. The third-order valence-corrected chi connectivity index (χ3v) is 4.66. The normalized spacial score (nSPS) is 19.4. The van der Waals surface area contributed by atoms with Crippen LogP contribution in [-0.4, -0.2) is 42.1 Å². The fourth-order valence-electron chi connectivity index (χ4n) is 3.47. The lowest BCUT2D eigenvalue weighted by Crippen LogP contribution is -2.51. The summed E-state index contributed by atoms with van der Waals surface area (Å²) in [7, 11) is 0. The number of amides is 1. The Labute approximate surface area is 148 Å². The number of benzene rings is 2. The van der Waals surface area contributed by atoms with Crippen LogP contribution in [0.4, 0.5) is 0 Å². The standard InChI is InChI=1S/C20H25N3O2/c21-11-10-15-6-4-5-9-17(15)18(24)14-23-13-12-22-20(25)19(23)16-7-2-1-3-8-16/h1-9,18-19,24H,10-14,21H2,(H,22,25). The minimum absolute atomic E-state index is 0.0140. The van der Waals surface area contributed by atoms with Gasteiger partial charge in [-0.2, -0.15) is 0 Å². The number of piperazine rings is 1. The SMILES string of the molecule is NCCc1ccccc1C(O)CN1CCNC(=O)C1c1ccccc1. The van der Waals surface area contributed by atoms with Gasteiger partial charge in [-0.1, -0.05) is 54.6 Å². The second-order valence-corrected chi connectivity index (χ2v) is 6.35. The first kappa shape index (κ1) is 17.6. The van der Waals surface area contributed by atoms with E-state index in [2.05, 4.69) is 10.2 Å². The van der Waals surface area contributed by atoms with Crippen molar-refractivity contribution in [3.05, 3.63) is 71.3 Å². The Hall–Kier alpha value is -2.21. The Morgan fingerprint density at radius 1 is 1.16 bits per heavy atom. The van der Waals surface area contributed by atoms with Gasteiger partial charge in [0, 0.05) is 19.6 Å². The molecule has 132 valence electrons. The summed E-state index contributed by atoms with van der Waals surface area (Å²) >= 11 is 0. The molecule has 1 saturated heterocycles. The molecule has 1 fully saturated rings. The molecule has 1 heterocycles. The van der Waals surface area contributed by atoms with Gasteiger partial charge in [-0.15, -0.1) is 0 Å². The number of aliphatic hydroxyl groups excluding tert-OH is 1. The molecular weight excluding hydrogens is 314 g/mol. The number of aliphatic hydroxyl groups is 1. The van der Waals surface area contributed by atoms with Crippen LogP contribution in [0.2, 0.25) is 0 Å². The molecule has 1 amide bonds. The Bertz CT molecular complexity index is 705. The molecule has 5 nitrogen and oxygen atoms in total. The van der Waals surface area contributed by atoms with Crippen LogP contribution in [0.3, 0.4) is 0 Å². The second kappa shape index (κ2) is 8.25. The average Bonchev–Trinajstić information content (AvgIpc) is 2.63. The minimum Gasteiger partial charge on any atom is -0.387 e. The molecule has 5 heteroatoms. The molecular formula is C20H25N3O2. The number of carbonyl (C=O) groups excluding carboxylic acids is 1. The van der Waals surface area contributed by atoms with Gasteiger partial charge in [0.1, 0.15) is 6.04 Å². The number of nitrogens with one attached hydrogen (secondary N) is 1. The molecule has 1 aliphatic heterocycles. The van der Waals surface area contributed by atoms with E-state index in [4.69, 9.17) is 5.73 Å². The monoisotopic (exact) mass is 339 g/mol. The van der Waals surface area contributed by atoms with Crippen molar-refractivity contribution in [2.75, 3.05) is 26.2 Å². The maximum atomic E-state index is 12.4. The molecule has 3 rings (SSSR count). The topological polar surface area (TPSA) is 78.6 Å². The highest BCUT2D eigenvalue weighted by atomic mass is 16.3. The summed E-state index contributed by atoms with van der Waals surface area (Å²) in [6.07, 6.45) is 0.0791. The lowest BCUT2D eigenvalue weighted by Gasteiger charge is -2.36. The fourth-order valence-corrected chi connectivity index (χ4v) is 3.47. The quantitative estimate of drug-likeness (QED) is 0.743. The first-order valence-corrected chi connectivity index (χ1v) is 8.73. The van der Waals surface area contributed by atoms with Crippen LogP contribution in [0.1, 0.15) is 28.8 Å². The maximum Gasteiger partial charge on any atom is 0.242 e. The van der Waals surface area contributed by atoms with E-state index in [1.165, 1.54) is 0 Å². The summed E-state index contributed by atoms with van der Waals surface area (Å²) in [5.74, 6) is -0.0140. The van der Waals surface area contributed by atoms with Crippen molar-refractivity contribution in [3.8, 4) is 0 Å². The molecule has 0 saturated carbocycles. The molecule has 0 aliphatic carbocycles. The zero-order valence-electron chi connectivity index (χ0n) is 14.3. The zero-order chi connectivity index (χ0) is 17.6. The Morgan fingerprint density at radius 2 is 1.88 bits per heavy atom. The summed E-state index contributed by atoms with van der Waals surface area (Å²) in [6, 6.07) is 17.2. The van der Waals surface area contributed by atoms with Gasteiger partial charge in [0.2, 0.25) is 5.91 Å². The highest BCUT2D eigenvalue weighted by Gasteiger charge is 2.32. The summed E-state index contributed by atoms with van der Waals surface area (Å²) in [4.78, 5) is 14.5. The van der Waals surface area contributed by atoms with Crippen LogP contribution < -0.4 is 11.1 Å². The maximum absolute atomic E-state index is 12.4. The number of nitrogens with two attached hydrogens (primary N) is 1. The van der Waals surface area contributed by atoms with Crippen LogP contribution in [0, 0.1) is 0 Å². The summed E-state index contributed by atoms with van der Waals surface area (Å²) in [6.45, 7) is 2.26. The van der Waals surface area contributed by atoms with Gasteiger partial charge < -0.3 is 16.2 Å². The van der Waals surface area contributed by atoms with Crippen molar-refractivity contribution in [2.24, 2.45) is 5.73 Å². The Kier molecular flexibility index (Phi) is 5.81. The van der Waals surface area contributed by atoms with Crippen LogP contribution in [-0.2, 0) is 11.2 Å². The number of hydrogen-bond acceptors (Lipinski definition) is 4. The number of nitrogens with zero attached hydrogens (tertiary/aromatic N) is 1. The highest BCUT2D eigenvalue weighted by molar-refractivity contribution is 5.83. The lowest BCUT2D eigenvalue weighted by molar-refractivity contribution is -0.130. The van der Waals surface area contributed by atoms with Gasteiger partial charge in [-0.05, 0) is 29.7 Å². The molecule has 0 bridgehead atoms. The van der Waals surface area contributed by atoms with E-state index in [9.17, 15) is 9.90 Å². The van der Waals surface area contributed by atoms with E-state index in [1.54, 1.807) is 0 Å². The van der Waals surface area contributed by atoms with Gasteiger partial charge in [0.15, 0.2) is 0 Å². The number of rotatable bonds is 6. The summed E-state index contributed by atoms with van der Waals surface area (Å²) in [5, 5.41) is 13.7. The lowest BCUT2D eigenvalue weighted by atomic mass is 9.97. The van der Waals surface area contributed by atoms with Crippen molar-refractivity contribution in [1.29, 1.82) is 0 Å². The molecule has 0 aromatic heterocycles. The van der Waals surface area contributed by atoms with Crippen molar-refractivity contribution in [2.45, 2.75) is 18.6 Å². The van der Waals surface area contributed by atoms with E-state index in [-0.39, 0.29) is 11.9 Å². The van der Waals surface area contributed by atoms with Crippen molar-refractivity contribution in [1.82, 2.24) is 10.2 Å². The summed E-state index contributed by atoms with van der Waals surface area (Å²) < 4.78 is 0. The van der Waals surface area contributed by atoms with E-state index in [0.29, 0.717) is 26.2 Å². The number of hydrogen-bond donors (Lipinski definition) is 3. The third-order valence-electron chi connectivity index (χ3n) is 4.66. The molecule has 2 unspecified atom stereocenters. The van der Waals surface area contributed by atoms with Crippen molar-refractivity contribution in [3.63, 3.8) is 0 Å². The van der Waals surface area contributed by atoms with E-state index >= 15 is 0 Å². The van der Waals surface area contributed by atoms with Crippen molar-refractivity contribution >= 4 is 5.91 Å². The first-order chi connectivity index (χ1) is 12.2. The van der Waals surface area contributed by atoms with Crippen molar-refractivity contribution < 1.29 is 9.90 Å². The van der Waals surface area contributed by atoms with Crippen LogP contribution >= 0.6 is 0 Å². The van der Waals surface area contributed by atoms with Crippen LogP contribution in [0.25, 0.3) is 0 Å². The van der Waals surface area contributed by atoms with E-state index in [1.807, 2.05) is 54.6 Å². The molecule has 2 aromatic rings. The predicted octanol–water partition coefficient (Wildman–Crippen LogP) is 1.39. The van der Waals surface area contributed by atoms with E-state index < -0.39 is 6.10 Å². The van der Waals surface area contributed by atoms with Crippen LogP contribution in [0.5, 0.6) is 0 Å². The average molecular weight is 339 g/mol. The molecule has 4 N–H and O–H groups in total. The number of carbonyl (C=O) groups is 1. The van der Waals surface area contributed by atoms with E-state index in [0.717, 1.165) is 23.1 Å². The number of β-amino-alcohol motifs (C(OH)–C–C–N with tert-alkyl or cyclic N) is 1. The smallest absolute Gasteiger partial charge is 0.242 e. The van der Waals surface area contributed by atoms with Gasteiger partial charge in [0.05, 0.1) is 6.10 Å². The Balaban J connectivity index is 1.81. The largest absolute Gasteiger partial charge is 0.387 e. The molecule has 1 aliphatic rings. The van der Waals surface area contributed by atoms with Gasteiger partial charge >= 0.3 is 0 Å². The second-order valence-electron chi connectivity index (χ2n) is 6.35. The third kappa shape index (κ3) is 4.07. The summed E-state index contributed by atoms with van der Waals surface area (Å²) in [5.41, 5.74) is 8.59.